The van der Waals surface area contributed by atoms with E-state index >= 15 is 0 Å². The van der Waals surface area contributed by atoms with Gasteiger partial charge in [-0.15, -0.1) is 0 Å². The Balaban J connectivity index is 1.86. The highest BCUT2D eigenvalue weighted by Crippen LogP contribution is 2.33. The summed E-state index contributed by atoms with van der Waals surface area (Å²) in [4.78, 5) is 14.1. The van der Waals surface area contributed by atoms with Gasteiger partial charge in [-0.25, -0.2) is 17.6 Å². The van der Waals surface area contributed by atoms with Gasteiger partial charge in [-0.3, -0.25) is 4.79 Å². The van der Waals surface area contributed by atoms with Crippen molar-refractivity contribution in [2.45, 2.75) is 38.3 Å². The second-order valence-electron chi connectivity index (χ2n) is 7.22. The third-order valence-corrected chi connectivity index (χ3v) is 5.69. The summed E-state index contributed by atoms with van der Waals surface area (Å²) < 4.78 is 57.7. The Bertz CT molecular complexity index is 896. The van der Waals surface area contributed by atoms with Crippen molar-refractivity contribution in [2.75, 3.05) is 13.1 Å². The van der Waals surface area contributed by atoms with Gasteiger partial charge in [0.15, 0.2) is 11.6 Å². The first-order valence-corrected chi connectivity index (χ1v) is 10.2. The molecule has 1 saturated heterocycles. The molecule has 0 radical (unpaired) electrons. The topological polar surface area (TPSA) is 20.3 Å². The zero-order valence-corrected chi connectivity index (χ0v) is 17.5. The average molecular weight is 505 g/mol. The zero-order chi connectivity index (χ0) is 20.5. The summed E-state index contributed by atoms with van der Waals surface area (Å²) in [6, 6.07) is 6.48. The van der Waals surface area contributed by atoms with Gasteiger partial charge in [-0.1, -0.05) is 25.8 Å². The fraction of sp³-hybridized carbons (Fsp3) is 0.381. The van der Waals surface area contributed by atoms with Crippen LogP contribution in [-0.2, 0) is 6.42 Å². The van der Waals surface area contributed by atoms with Gasteiger partial charge in [-0.2, -0.15) is 0 Å². The number of nitrogens with zero attached hydrogens (tertiary/aromatic N) is 1. The largest absolute Gasteiger partial charge is 0.332 e. The maximum Gasteiger partial charge on any atom is 0.254 e. The molecule has 1 amide bonds. The molecule has 0 N–H and O–H groups in total. The Hall–Kier alpha value is -1.64. The van der Waals surface area contributed by atoms with E-state index in [1.54, 1.807) is 6.07 Å². The van der Waals surface area contributed by atoms with Crippen molar-refractivity contribution in [2.24, 2.45) is 0 Å². The summed E-state index contributed by atoms with van der Waals surface area (Å²) in [7, 11) is 0. The number of hydrogen-bond acceptors (Lipinski definition) is 1. The molecule has 0 bridgehead atoms. The summed E-state index contributed by atoms with van der Waals surface area (Å²) in [5, 5.41) is 0. The monoisotopic (exact) mass is 505 g/mol. The Morgan fingerprint density at radius 1 is 1.14 bits per heavy atom. The second-order valence-corrected chi connectivity index (χ2v) is 8.46. The van der Waals surface area contributed by atoms with Crippen molar-refractivity contribution in [1.82, 2.24) is 4.90 Å². The first-order valence-electron chi connectivity index (χ1n) is 9.13. The third-order valence-electron chi connectivity index (χ3n) is 5.02. The third kappa shape index (κ3) is 4.34. The first kappa shape index (κ1) is 21.1. The number of alkyl halides is 1. The minimum atomic E-state index is -1.42. The van der Waals surface area contributed by atoms with Crippen LogP contribution in [0, 0.1) is 21.0 Å². The molecule has 0 aromatic heterocycles. The standard InChI is InChI=1S/C21H20F4INO/c1-2-3-8-21(25)11-27(12-21)20(28)15-6-7-17(22)19(24)16(15)9-13-4-5-14(26)10-18(13)23/h4-7,10H,2-3,8-9,11-12H2,1H3. The van der Waals surface area contributed by atoms with Crippen LogP contribution in [0.1, 0.15) is 47.7 Å². The van der Waals surface area contributed by atoms with E-state index in [1.807, 2.05) is 29.5 Å². The van der Waals surface area contributed by atoms with E-state index in [0.29, 0.717) is 9.99 Å². The lowest BCUT2D eigenvalue weighted by Gasteiger charge is -2.44. The molecule has 0 unspecified atom stereocenters. The van der Waals surface area contributed by atoms with Crippen LogP contribution < -0.4 is 0 Å². The van der Waals surface area contributed by atoms with Crippen molar-refractivity contribution >= 4 is 28.5 Å². The van der Waals surface area contributed by atoms with Gasteiger partial charge in [0.1, 0.15) is 11.5 Å². The number of benzene rings is 2. The van der Waals surface area contributed by atoms with E-state index in [1.165, 1.54) is 23.1 Å². The summed E-state index contributed by atoms with van der Waals surface area (Å²) in [5.74, 6) is -3.41. The SMILES string of the molecule is CCCCC1(F)CN(C(=O)c2ccc(F)c(F)c2Cc2ccc(I)cc2F)C1. The Kier molecular flexibility index (Phi) is 6.31. The van der Waals surface area contributed by atoms with Gasteiger partial charge in [0.05, 0.1) is 13.1 Å². The molecular formula is C21H20F4INO. The van der Waals surface area contributed by atoms with Crippen LogP contribution in [0.25, 0.3) is 0 Å². The summed E-state index contributed by atoms with van der Waals surface area (Å²) in [5.41, 5.74) is -1.54. The molecule has 150 valence electrons. The van der Waals surface area contributed by atoms with Crippen molar-refractivity contribution < 1.29 is 22.4 Å². The van der Waals surface area contributed by atoms with Gasteiger partial charge in [0.25, 0.3) is 5.91 Å². The van der Waals surface area contributed by atoms with Crippen LogP contribution in [0.5, 0.6) is 0 Å². The van der Waals surface area contributed by atoms with E-state index in [2.05, 4.69) is 0 Å². The van der Waals surface area contributed by atoms with Crippen molar-refractivity contribution in [3.63, 3.8) is 0 Å². The Morgan fingerprint density at radius 2 is 1.86 bits per heavy atom. The van der Waals surface area contributed by atoms with Crippen LogP contribution in [0.4, 0.5) is 17.6 Å². The number of hydrogen-bond donors (Lipinski definition) is 0. The normalized spacial score (nSPS) is 15.4. The van der Waals surface area contributed by atoms with E-state index in [4.69, 9.17) is 0 Å². The molecule has 0 atom stereocenters. The molecule has 2 nitrogen and oxygen atoms in total. The zero-order valence-electron chi connectivity index (χ0n) is 15.4. The fourth-order valence-corrected chi connectivity index (χ4v) is 3.88. The number of likely N-dealkylation sites (tertiary alicyclic amines) is 1. The summed E-state index contributed by atoms with van der Waals surface area (Å²) in [6.07, 6.45) is 1.68. The smallest absolute Gasteiger partial charge is 0.254 e. The number of unbranched alkanes of at least 4 members (excludes halogenated alkanes) is 1. The Morgan fingerprint density at radius 3 is 2.50 bits per heavy atom. The molecule has 1 fully saturated rings. The van der Waals surface area contributed by atoms with Crippen LogP contribution in [0.3, 0.4) is 0 Å². The van der Waals surface area contributed by atoms with E-state index < -0.39 is 29.0 Å². The molecule has 1 aliphatic rings. The minimum Gasteiger partial charge on any atom is -0.332 e. The first-order chi connectivity index (χ1) is 13.2. The molecule has 2 aromatic carbocycles. The lowest BCUT2D eigenvalue weighted by molar-refractivity contribution is -0.0258. The second kappa shape index (κ2) is 8.39. The van der Waals surface area contributed by atoms with Crippen LogP contribution in [0.15, 0.2) is 30.3 Å². The van der Waals surface area contributed by atoms with E-state index in [0.717, 1.165) is 18.9 Å². The highest BCUT2D eigenvalue weighted by Gasteiger charge is 2.45. The molecule has 2 aromatic rings. The van der Waals surface area contributed by atoms with Crippen molar-refractivity contribution in [3.8, 4) is 0 Å². The molecule has 0 spiro atoms. The number of amides is 1. The predicted molar refractivity (Wildman–Crippen MR) is 108 cm³/mol. The number of halogens is 5. The maximum atomic E-state index is 14.5. The summed E-state index contributed by atoms with van der Waals surface area (Å²) in [6.45, 7) is 1.83. The number of rotatable bonds is 6. The molecule has 0 aliphatic carbocycles. The highest BCUT2D eigenvalue weighted by molar-refractivity contribution is 14.1. The number of carbonyl (C=O) groups excluding carboxylic acids is 1. The van der Waals surface area contributed by atoms with Gasteiger partial charge < -0.3 is 4.90 Å². The van der Waals surface area contributed by atoms with Crippen LogP contribution >= 0.6 is 22.6 Å². The quantitative estimate of drug-likeness (QED) is 0.367. The number of carbonyl (C=O) groups is 1. The lowest BCUT2D eigenvalue weighted by atomic mass is 9.89. The molecule has 3 rings (SSSR count). The molecule has 0 saturated carbocycles. The minimum absolute atomic E-state index is 0.0607. The van der Waals surface area contributed by atoms with E-state index in [-0.39, 0.29) is 36.2 Å². The van der Waals surface area contributed by atoms with Gasteiger partial charge in [0.2, 0.25) is 0 Å². The van der Waals surface area contributed by atoms with Crippen LogP contribution in [0.2, 0.25) is 0 Å². The molecule has 1 aliphatic heterocycles. The molecule has 1 heterocycles. The predicted octanol–water partition coefficient (Wildman–Crippen LogP) is 5.65. The fourth-order valence-electron chi connectivity index (χ4n) is 3.42. The maximum absolute atomic E-state index is 14.5. The molecule has 28 heavy (non-hydrogen) atoms. The van der Waals surface area contributed by atoms with E-state index in [9.17, 15) is 22.4 Å². The Labute approximate surface area is 175 Å². The summed E-state index contributed by atoms with van der Waals surface area (Å²) >= 11 is 1.95. The molecular weight excluding hydrogens is 485 g/mol. The van der Waals surface area contributed by atoms with Crippen LogP contribution in [-0.4, -0.2) is 29.6 Å². The van der Waals surface area contributed by atoms with Crippen molar-refractivity contribution in [1.29, 1.82) is 0 Å². The van der Waals surface area contributed by atoms with Gasteiger partial charge >= 0.3 is 0 Å². The average Bonchev–Trinajstić information content (AvgIpc) is 2.63. The lowest BCUT2D eigenvalue weighted by Crippen LogP contribution is -2.60. The van der Waals surface area contributed by atoms with Gasteiger partial charge in [0, 0.05) is 21.1 Å². The van der Waals surface area contributed by atoms with Gasteiger partial charge in [-0.05, 0) is 58.8 Å². The highest BCUT2D eigenvalue weighted by atomic mass is 127. The molecule has 7 heteroatoms. The van der Waals surface area contributed by atoms with Crippen molar-refractivity contribution in [3.05, 3.63) is 68.0 Å².